The molecule has 1 aromatic rings. The van der Waals surface area contributed by atoms with E-state index in [2.05, 4.69) is 0 Å². The summed E-state index contributed by atoms with van der Waals surface area (Å²) in [7, 11) is 1.93. The molecule has 0 bridgehead atoms. The molecule has 0 radical (unpaired) electrons. The van der Waals surface area contributed by atoms with E-state index in [1.165, 1.54) is 6.07 Å². The van der Waals surface area contributed by atoms with Crippen molar-refractivity contribution in [3.05, 3.63) is 35.6 Å². The number of aliphatic hydroxyl groups is 1. The van der Waals surface area contributed by atoms with E-state index >= 15 is 0 Å². The Morgan fingerprint density at radius 2 is 2.06 bits per heavy atom. The van der Waals surface area contributed by atoms with Gasteiger partial charge < -0.3 is 15.7 Å². The minimum atomic E-state index is -0.301. The molecule has 4 heteroatoms. The zero-order valence-corrected chi connectivity index (χ0v) is 10.4. The molecular formula is C13H21FN2O. The summed E-state index contributed by atoms with van der Waals surface area (Å²) in [4.78, 5) is 2.01. The van der Waals surface area contributed by atoms with Crippen molar-refractivity contribution >= 4 is 0 Å². The number of nitrogens with two attached hydrogens (primary N) is 1. The predicted molar refractivity (Wildman–Crippen MR) is 67.1 cm³/mol. The molecule has 0 amide bonds. The van der Waals surface area contributed by atoms with Gasteiger partial charge in [0.25, 0.3) is 0 Å². The van der Waals surface area contributed by atoms with Crippen molar-refractivity contribution in [3.8, 4) is 0 Å². The first-order valence-corrected chi connectivity index (χ1v) is 5.87. The van der Waals surface area contributed by atoms with Gasteiger partial charge in [0.15, 0.2) is 0 Å². The smallest absolute Gasteiger partial charge is 0.127 e. The molecule has 3 N–H and O–H groups in total. The zero-order chi connectivity index (χ0) is 12.8. The van der Waals surface area contributed by atoms with Gasteiger partial charge in [0.1, 0.15) is 5.82 Å². The first kappa shape index (κ1) is 14.1. The summed E-state index contributed by atoms with van der Waals surface area (Å²) >= 11 is 0. The van der Waals surface area contributed by atoms with Gasteiger partial charge in [0, 0.05) is 24.2 Å². The summed E-state index contributed by atoms with van der Waals surface area (Å²) in [5, 5.41) is 9.00. The van der Waals surface area contributed by atoms with Gasteiger partial charge in [-0.1, -0.05) is 18.2 Å². The van der Waals surface area contributed by atoms with E-state index in [4.69, 9.17) is 10.8 Å². The lowest BCUT2D eigenvalue weighted by atomic mass is 10.0. The van der Waals surface area contributed by atoms with Crippen LogP contribution < -0.4 is 5.73 Å². The van der Waals surface area contributed by atoms with Crippen LogP contribution in [0.15, 0.2) is 24.3 Å². The topological polar surface area (TPSA) is 49.5 Å². The number of aliphatic hydroxyl groups excluding tert-OH is 1. The summed E-state index contributed by atoms with van der Waals surface area (Å²) in [6.45, 7) is 2.79. The third-order valence-electron chi connectivity index (χ3n) is 3.11. The number of hydrogen-bond donors (Lipinski definition) is 2. The maximum absolute atomic E-state index is 13.5. The average Bonchev–Trinajstić information content (AvgIpc) is 2.35. The van der Waals surface area contributed by atoms with Crippen LogP contribution in [0, 0.1) is 5.82 Å². The quantitative estimate of drug-likeness (QED) is 0.792. The van der Waals surface area contributed by atoms with Crippen molar-refractivity contribution < 1.29 is 9.50 Å². The molecular weight excluding hydrogens is 219 g/mol. The number of nitrogens with zero attached hydrogens (tertiary/aromatic N) is 1. The largest absolute Gasteiger partial charge is 0.395 e. The van der Waals surface area contributed by atoms with Gasteiger partial charge in [-0.15, -0.1) is 0 Å². The van der Waals surface area contributed by atoms with E-state index < -0.39 is 0 Å². The third kappa shape index (κ3) is 4.07. The van der Waals surface area contributed by atoms with E-state index in [1.54, 1.807) is 18.2 Å². The number of benzene rings is 1. The Labute approximate surface area is 102 Å². The van der Waals surface area contributed by atoms with Crippen LogP contribution in [0.5, 0.6) is 0 Å². The maximum Gasteiger partial charge on any atom is 0.127 e. The fraction of sp³-hybridized carbons (Fsp3) is 0.538. The van der Waals surface area contributed by atoms with Gasteiger partial charge in [0.05, 0.1) is 6.61 Å². The molecule has 0 aliphatic heterocycles. The Kier molecular flexibility index (Phi) is 5.55. The molecule has 0 fully saturated rings. The average molecular weight is 240 g/mol. The Morgan fingerprint density at radius 1 is 1.41 bits per heavy atom. The molecule has 17 heavy (non-hydrogen) atoms. The van der Waals surface area contributed by atoms with Crippen LogP contribution in [-0.2, 0) is 0 Å². The number of halogens is 1. The molecule has 1 aromatic carbocycles. The first-order valence-electron chi connectivity index (χ1n) is 5.87. The van der Waals surface area contributed by atoms with Gasteiger partial charge in [-0.2, -0.15) is 0 Å². The highest BCUT2D eigenvalue weighted by Gasteiger charge is 2.13. The van der Waals surface area contributed by atoms with Crippen LogP contribution in [0.2, 0.25) is 0 Å². The Bertz CT molecular complexity index is 346. The molecule has 0 aromatic heterocycles. The van der Waals surface area contributed by atoms with Crippen molar-refractivity contribution in [1.82, 2.24) is 4.90 Å². The Balaban J connectivity index is 2.50. The first-order chi connectivity index (χ1) is 8.06. The molecule has 0 heterocycles. The molecule has 0 saturated heterocycles. The normalized spacial score (nSPS) is 14.9. The lowest BCUT2D eigenvalue weighted by molar-refractivity contribution is 0.156. The monoisotopic (exact) mass is 240 g/mol. The predicted octanol–water partition coefficient (Wildman–Crippen LogP) is 1.53. The van der Waals surface area contributed by atoms with E-state index in [0.29, 0.717) is 12.0 Å². The highest BCUT2D eigenvalue weighted by molar-refractivity contribution is 5.20. The number of rotatable bonds is 6. The second-order valence-corrected chi connectivity index (χ2v) is 4.43. The van der Waals surface area contributed by atoms with Gasteiger partial charge >= 0.3 is 0 Å². The molecule has 2 atom stereocenters. The van der Waals surface area contributed by atoms with Crippen LogP contribution >= 0.6 is 0 Å². The van der Waals surface area contributed by atoms with Crippen LogP contribution in [0.1, 0.15) is 24.9 Å². The maximum atomic E-state index is 13.5. The second kappa shape index (κ2) is 6.69. The van der Waals surface area contributed by atoms with E-state index in [9.17, 15) is 4.39 Å². The molecule has 96 valence electrons. The van der Waals surface area contributed by atoms with E-state index in [0.717, 1.165) is 6.54 Å². The molecule has 2 unspecified atom stereocenters. The van der Waals surface area contributed by atoms with Gasteiger partial charge in [-0.05, 0) is 26.5 Å². The van der Waals surface area contributed by atoms with Crippen LogP contribution in [-0.4, -0.2) is 36.2 Å². The van der Waals surface area contributed by atoms with Crippen LogP contribution in [0.3, 0.4) is 0 Å². The summed E-state index contributed by atoms with van der Waals surface area (Å²) in [5.41, 5.74) is 6.51. The van der Waals surface area contributed by atoms with E-state index in [-0.39, 0.29) is 24.5 Å². The van der Waals surface area contributed by atoms with Crippen molar-refractivity contribution in [2.45, 2.75) is 25.4 Å². The zero-order valence-electron chi connectivity index (χ0n) is 10.4. The number of hydrogen-bond acceptors (Lipinski definition) is 3. The van der Waals surface area contributed by atoms with Crippen molar-refractivity contribution in [3.63, 3.8) is 0 Å². The van der Waals surface area contributed by atoms with Crippen molar-refractivity contribution in [2.24, 2.45) is 5.73 Å². The molecule has 0 aliphatic carbocycles. The Morgan fingerprint density at radius 3 is 2.65 bits per heavy atom. The van der Waals surface area contributed by atoms with Crippen molar-refractivity contribution in [2.75, 3.05) is 20.2 Å². The molecule has 0 aliphatic rings. The summed E-state index contributed by atoms with van der Waals surface area (Å²) < 4.78 is 13.5. The van der Waals surface area contributed by atoms with Gasteiger partial charge in [0.2, 0.25) is 0 Å². The number of likely N-dealkylation sites (N-methyl/N-ethyl adjacent to an activating group) is 1. The molecule has 0 saturated carbocycles. The highest BCUT2D eigenvalue weighted by Crippen LogP contribution is 2.17. The van der Waals surface area contributed by atoms with E-state index in [1.807, 2.05) is 18.9 Å². The highest BCUT2D eigenvalue weighted by atomic mass is 19.1. The lowest BCUT2D eigenvalue weighted by Gasteiger charge is -2.24. The standard InChI is InChI=1S/C13H21FN2O/c1-10(9-17)16(2)8-7-13(15)11-5-3-4-6-12(11)14/h3-6,10,13,17H,7-9,15H2,1-2H3. The minimum Gasteiger partial charge on any atom is -0.395 e. The second-order valence-electron chi connectivity index (χ2n) is 4.43. The van der Waals surface area contributed by atoms with Crippen LogP contribution in [0.25, 0.3) is 0 Å². The fourth-order valence-electron chi connectivity index (χ4n) is 1.63. The Hall–Kier alpha value is -0.970. The molecule has 0 spiro atoms. The van der Waals surface area contributed by atoms with Gasteiger partial charge in [-0.3, -0.25) is 0 Å². The summed E-state index contributed by atoms with van der Waals surface area (Å²) in [6, 6.07) is 6.39. The molecule has 1 rings (SSSR count). The van der Waals surface area contributed by atoms with Crippen molar-refractivity contribution in [1.29, 1.82) is 0 Å². The summed E-state index contributed by atoms with van der Waals surface area (Å²) in [6.07, 6.45) is 0.668. The van der Waals surface area contributed by atoms with Crippen LogP contribution in [0.4, 0.5) is 4.39 Å². The third-order valence-corrected chi connectivity index (χ3v) is 3.11. The van der Waals surface area contributed by atoms with Gasteiger partial charge in [-0.25, -0.2) is 4.39 Å². The SMILES string of the molecule is CC(CO)N(C)CCC(N)c1ccccc1F. The fourth-order valence-corrected chi connectivity index (χ4v) is 1.63. The minimum absolute atomic E-state index is 0.0998. The molecule has 3 nitrogen and oxygen atoms in total. The lowest BCUT2D eigenvalue weighted by Crippen LogP contribution is -2.34. The summed E-state index contributed by atoms with van der Waals surface area (Å²) in [5.74, 6) is -0.252.